The molecule has 2 aliphatic rings. The van der Waals surface area contributed by atoms with Gasteiger partial charge in [-0.1, -0.05) is 36.4 Å². The first-order valence-corrected chi connectivity index (χ1v) is 8.38. The number of carbonyl (C=O) groups is 1. The van der Waals surface area contributed by atoms with Gasteiger partial charge in [0.15, 0.2) is 0 Å². The second kappa shape index (κ2) is 6.48. The quantitative estimate of drug-likeness (QED) is 0.793. The molecule has 0 saturated carbocycles. The van der Waals surface area contributed by atoms with Gasteiger partial charge in [0.05, 0.1) is 13.2 Å². The van der Waals surface area contributed by atoms with Crippen molar-refractivity contribution in [3.05, 3.63) is 83.6 Å². The number of para-hydroxylation sites is 1. The molecule has 126 valence electrons. The zero-order valence-corrected chi connectivity index (χ0v) is 14.0. The van der Waals surface area contributed by atoms with Gasteiger partial charge in [-0.05, 0) is 48.7 Å². The smallest absolute Gasteiger partial charge is 0.420 e. The first-order valence-electron chi connectivity index (χ1n) is 8.38. The molecule has 1 atom stereocenters. The average molecular weight is 333 g/mol. The Bertz CT molecular complexity index is 837. The zero-order valence-electron chi connectivity index (χ0n) is 14.0. The van der Waals surface area contributed by atoms with Crippen LogP contribution in [0, 0.1) is 0 Å². The number of rotatable bonds is 3. The van der Waals surface area contributed by atoms with Crippen molar-refractivity contribution in [2.24, 2.45) is 0 Å². The summed E-state index contributed by atoms with van der Waals surface area (Å²) >= 11 is 0. The summed E-state index contributed by atoms with van der Waals surface area (Å²) in [6, 6.07) is 17.3. The number of hydrogen-bond donors (Lipinski definition) is 0. The van der Waals surface area contributed by atoms with Gasteiger partial charge in [0, 0.05) is 11.3 Å². The highest BCUT2D eigenvalue weighted by Crippen LogP contribution is 2.43. The normalized spacial score (nSPS) is 19.5. The van der Waals surface area contributed by atoms with Crippen molar-refractivity contribution < 1.29 is 14.3 Å². The van der Waals surface area contributed by atoms with Crippen molar-refractivity contribution in [2.75, 3.05) is 12.0 Å². The van der Waals surface area contributed by atoms with Crippen LogP contribution in [-0.4, -0.2) is 13.2 Å². The SMILES string of the molecule is COc1ccc(C2C3=CCCC=C3OC(=O)N2c2ccccc2)cc1. The molecule has 0 N–H and O–H groups in total. The van der Waals surface area contributed by atoms with Crippen molar-refractivity contribution in [1.29, 1.82) is 0 Å². The predicted molar refractivity (Wildman–Crippen MR) is 96.5 cm³/mol. The Labute approximate surface area is 147 Å². The van der Waals surface area contributed by atoms with E-state index in [0.717, 1.165) is 35.4 Å². The zero-order chi connectivity index (χ0) is 17.2. The van der Waals surface area contributed by atoms with E-state index in [2.05, 4.69) is 6.08 Å². The molecule has 4 nitrogen and oxygen atoms in total. The van der Waals surface area contributed by atoms with Crippen molar-refractivity contribution in [3.63, 3.8) is 0 Å². The van der Waals surface area contributed by atoms with E-state index in [4.69, 9.17) is 9.47 Å². The number of benzene rings is 2. The van der Waals surface area contributed by atoms with Crippen molar-refractivity contribution >= 4 is 11.8 Å². The molecule has 2 aromatic rings. The molecular formula is C21H19NO3. The number of amides is 1. The maximum atomic E-state index is 12.8. The molecule has 4 heteroatoms. The van der Waals surface area contributed by atoms with Gasteiger partial charge in [0.25, 0.3) is 0 Å². The second-order valence-corrected chi connectivity index (χ2v) is 6.05. The fraction of sp³-hybridized carbons (Fsp3) is 0.190. The molecule has 2 aromatic carbocycles. The van der Waals surface area contributed by atoms with E-state index in [1.54, 1.807) is 12.0 Å². The minimum atomic E-state index is -0.350. The summed E-state index contributed by atoms with van der Waals surface area (Å²) in [4.78, 5) is 14.5. The number of fused-ring (bicyclic) bond motifs is 1. The van der Waals surface area contributed by atoms with Crippen LogP contribution in [0.25, 0.3) is 0 Å². The number of methoxy groups -OCH3 is 1. The maximum Gasteiger partial charge on any atom is 0.420 e. The molecule has 1 heterocycles. The van der Waals surface area contributed by atoms with Gasteiger partial charge >= 0.3 is 6.09 Å². The van der Waals surface area contributed by atoms with Gasteiger partial charge in [-0.2, -0.15) is 0 Å². The van der Waals surface area contributed by atoms with Crippen LogP contribution in [0.4, 0.5) is 10.5 Å². The summed E-state index contributed by atoms with van der Waals surface area (Å²) < 4.78 is 10.9. The van der Waals surface area contributed by atoms with Crippen LogP contribution in [0.3, 0.4) is 0 Å². The van der Waals surface area contributed by atoms with E-state index in [-0.39, 0.29) is 12.1 Å². The topological polar surface area (TPSA) is 38.8 Å². The van der Waals surface area contributed by atoms with Crippen LogP contribution in [0.1, 0.15) is 24.4 Å². The van der Waals surface area contributed by atoms with E-state index < -0.39 is 0 Å². The van der Waals surface area contributed by atoms with Crippen LogP contribution in [0.2, 0.25) is 0 Å². The summed E-state index contributed by atoms with van der Waals surface area (Å²) in [5.41, 5.74) is 2.89. The third-order valence-corrected chi connectivity index (χ3v) is 4.56. The Morgan fingerprint density at radius 2 is 1.72 bits per heavy atom. The summed E-state index contributed by atoms with van der Waals surface area (Å²) in [5, 5.41) is 0. The molecule has 4 rings (SSSR count). The Morgan fingerprint density at radius 1 is 1.00 bits per heavy atom. The molecule has 0 bridgehead atoms. The number of carbonyl (C=O) groups excluding carboxylic acids is 1. The molecule has 0 radical (unpaired) electrons. The van der Waals surface area contributed by atoms with Gasteiger partial charge in [-0.3, -0.25) is 4.90 Å². The number of nitrogens with zero attached hydrogens (tertiary/aromatic N) is 1. The largest absolute Gasteiger partial charge is 0.497 e. The summed E-state index contributed by atoms with van der Waals surface area (Å²) in [5.74, 6) is 1.48. The lowest BCUT2D eigenvalue weighted by molar-refractivity contribution is 0.174. The lowest BCUT2D eigenvalue weighted by Crippen LogP contribution is -2.41. The highest BCUT2D eigenvalue weighted by atomic mass is 16.6. The van der Waals surface area contributed by atoms with E-state index in [1.807, 2.05) is 60.7 Å². The molecule has 0 spiro atoms. The van der Waals surface area contributed by atoms with E-state index in [0.29, 0.717) is 5.76 Å². The van der Waals surface area contributed by atoms with Gasteiger partial charge in [-0.15, -0.1) is 0 Å². The fourth-order valence-corrected chi connectivity index (χ4v) is 3.36. The van der Waals surface area contributed by atoms with Crippen LogP contribution in [0.5, 0.6) is 5.75 Å². The standard InChI is InChI=1S/C21H19NO3/c1-24-17-13-11-15(12-14-17)20-18-9-5-6-10-19(18)25-21(23)22(20)16-7-3-2-4-8-16/h2-4,7-14,20H,5-6H2,1H3. The number of hydrogen-bond acceptors (Lipinski definition) is 3. The second-order valence-electron chi connectivity index (χ2n) is 6.05. The summed E-state index contributed by atoms with van der Waals surface area (Å²) in [6.45, 7) is 0. The molecule has 1 fully saturated rings. The van der Waals surface area contributed by atoms with Gasteiger partial charge < -0.3 is 9.47 Å². The van der Waals surface area contributed by atoms with Gasteiger partial charge in [-0.25, -0.2) is 4.79 Å². The van der Waals surface area contributed by atoms with Crippen molar-refractivity contribution in [2.45, 2.75) is 18.9 Å². The van der Waals surface area contributed by atoms with Gasteiger partial charge in [0.1, 0.15) is 11.5 Å². The Morgan fingerprint density at radius 3 is 2.44 bits per heavy atom. The molecule has 1 unspecified atom stereocenters. The van der Waals surface area contributed by atoms with E-state index in [9.17, 15) is 4.79 Å². The number of ether oxygens (including phenoxy) is 2. The minimum absolute atomic E-state index is 0.207. The summed E-state index contributed by atoms with van der Waals surface area (Å²) in [7, 11) is 1.65. The number of anilines is 1. The van der Waals surface area contributed by atoms with Crippen LogP contribution in [0.15, 0.2) is 78.1 Å². The molecule has 1 aliphatic heterocycles. The third kappa shape index (κ3) is 2.80. The van der Waals surface area contributed by atoms with Crippen LogP contribution in [-0.2, 0) is 4.74 Å². The molecule has 1 aliphatic carbocycles. The monoisotopic (exact) mass is 333 g/mol. The lowest BCUT2D eigenvalue weighted by atomic mass is 9.90. The fourth-order valence-electron chi connectivity index (χ4n) is 3.36. The Kier molecular flexibility index (Phi) is 4.02. The van der Waals surface area contributed by atoms with Crippen molar-refractivity contribution in [1.82, 2.24) is 0 Å². The first kappa shape index (κ1) is 15.5. The third-order valence-electron chi connectivity index (χ3n) is 4.56. The molecule has 25 heavy (non-hydrogen) atoms. The number of allylic oxidation sites excluding steroid dienone is 2. The first-order chi connectivity index (χ1) is 12.3. The van der Waals surface area contributed by atoms with Crippen molar-refractivity contribution in [3.8, 4) is 5.75 Å². The Balaban J connectivity index is 1.84. The molecular weight excluding hydrogens is 314 g/mol. The maximum absolute atomic E-state index is 12.8. The average Bonchev–Trinajstić information content (AvgIpc) is 2.67. The van der Waals surface area contributed by atoms with Gasteiger partial charge in [0.2, 0.25) is 0 Å². The van der Waals surface area contributed by atoms with E-state index in [1.165, 1.54) is 0 Å². The molecule has 1 saturated heterocycles. The predicted octanol–water partition coefficient (Wildman–Crippen LogP) is 5.00. The Hall–Kier alpha value is -3.01. The molecule has 1 amide bonds. The van der Waals surface area contributed by atoms with Crippen LogP contribution >= 0.6 is 0 Å². The highest BCUT2D eigenvalue weighted by Gasteiger charge is 2.39. The lowest BCUT2D eigenvalue weighted by Gasteiger charge is -2.39. The highest BCUT2D eigenvalue weighted by molar-refractivity contribution is 5.92. The van der Waals surface area contributed by atoms with E-state index >= 15 is 0 Å². The molecule has 0 aromatic heterocycles. The minimum Gasteiger partial charge on any atom is -0.497 e. The summed E-state index contributed by atoms with van der Waals surface area (Å²) in [6.07, 6.45) is 5.68. The van der Waals surface area contributed by atoms with Crippen LogP contribution < -0.4 is 9.64 Å².